The molecule has 0 aliphatic heterocycles. The van der Waals surface area contributed by atoms with Gasteiger partial charge in [0.2, 0.25) is 0 Å². The first-order chi connectivity index (χ1) is 6.88. The molecule has 0 unspecified atom stereocenters. The van der Waals surface area contributed by atoms with Crippen LogP contribution in [0.3, 0.4) is 0 Å². The molecule has 0 saturated carbocycles. The van der Waals surface area contributed by atoms with Crippen molar-refractivity contribution in [2.75, 3.05) is 0 Å². The van der Waals surface area contributed by atoms with E-state index in [0.29, 0.717) is 6.54 Å². The normalized spacial score (nSPS) is 10.4. The fraction of sp³-hybridized carbons (Fsp3) is 0.182. The number of pyridine rings is 1. The molecule has 0 spiro atoms. The highest BCUT2D eigenvalue weighted by Gasteiger charge is 2.00. The summed E-state index contributed by atoms with van der Waals surface area (Å²) in [5, 5.41) is 0. The maximum absolute atomic E-state index is 5.55. The summed E-state index contributed by atoms with van der Waals surface area (Å²) in [4.78, 5) is 6.84. The number of nitrogens with two attached hydrogens (primary N) is 1. The zero-order chi connectivity index (χ0) is 9.80. The predicted octanol–water partition coefficient (Wildman–Crippen LogP) is 2.19. The third-order valence-corrected chi connectivity index (χ3v) is 3.11. The highest BCUT2D eigenvalue weighted by atomic mass is 32.1. The van der Waals surface area contributed by atoms with Crippen LogP contribution in [0.2, 0.25) is 0 Å². The Morgan fingerprint density at radius 1 is 1.14 bits per heavy atom. The minimum absolute atomic E-state index is 0.632. The van der Waals surface area contributed by atoms with Crippen molar-refractivity contribution in [3.63, 3.8) is 0 Å². The Bertz CT molecular complexity index is 395. The van der Waals surface area contributed by atoms with Crippen molar-refractivity contribution in [3.05, 3.63) is 52.0 Å². The van der Waals surface area contributed by atoms with Crippen LogP contribution < -0.4 is 5.73 Å². The molecule has 0 radical (unpaired) electrons. The zero-order valence-electron chi connectivity index (χ0n) is 7.81. The number of nitrogens with zero attached hydrogens (tertiary/aromatic N) is 1. The second-order valence-corrected chi connectivity index (χ2v) is 4.32. The van der Waals surface area contributed by atoms with Gasteiger partial charge < -0.3 is 5.73 Å². The first-order valence-corrected chi connectivity index (χ1v) is 5.37. The lowest BCUT2D eigenvalue weighted by Gasteiger charge is -1.95. The van der Waals surface area contributed by atoms with Crippen LogP contribution in [-0.4, -0.2) is 4.98 Å². The smallest absolute Gasteiger partial charge is 0.0455 e. The Labute approximate surface area is 87.4 Å². The standard InChI is InChI=1S/C11H12N2S/c12-8-11-5-4-10(14-11)7-9-3-1-2-6-13-9/h1-6H,7-8,12H2. The van der Waals surface area contributed by atoms with E-state index in [0.717, 1.165) is 12.1 Å². The van der Waals surface area contributed by atoms with Crippen molar-refractivity contribution in [2.24, 2.45) is 5.73 Å². The molecule has 2 aromatic heterocycles. The average molecular weight is 204 g/mol. The van der Waals surface area contributed by atoms with Gasteiger partial charge in [-0.05, 0) is 24.3 Å². The molecular weight excluding hydrogens is 192 g/mol. The van der Waals surface area contributed by atoms with Gasteiger partial charge in [-0.2, -0.15) is 0 Å². The van der Waals surface area contributed by atoms with Gasteiger partial charge in [0.1, 0.15) is 0 Å². The van der Waals surface area contributed by atoms with Crippen molar-refractivity contribution < 1.29 is 0 Å². The molecular formula is C11H12N2S. The monoisotopic (exact) mass is 204 g/mol. The molecule has 2 heterocycles. The van der Waals surface area contributed by atoms with Gasteiger partial charge in [-0.25, -0.2) is 0 Å². The molecule has 72 valence electrons. The highest BCUT2D eigenvalue weighted by Crippen LogP contribution is 2.18. The van der Waals surface area contributed by atoms with Crippen molar-refractivity contribution >= 4 is 11.3 Å². The lowest BCUT2D eigenvalue weighted by molar-refractivity contribution is 1.10. The Kier molecular flexibility index (Phi) is 2.91. The van der Waals surface area contributed by atoms with Crippen molar-refractivity contribution in [1.29, 1.82) is 0 Å². The Morgan fingerprint density at radius 2 is 2.00 bits per heavy atom. The minimum atomic E-state index is 0.632. The van der Waals surface area contributed by atoms with E-state index in [-0.39, 0.29) is 0 Å². The van der Waals surface area contributed by atoms with Crippen molar-refractivity contribution in [3.8, 4) is 0 Å². The molecule has 0 amide bonds. The fourth-order valence-electron chi connectivity index (χ4n) is 1.31. The van der Waals surface area contributed by atoms with Gasteiger partial charge in [0.15, 0.2) is 0 Å². The molecule has 0 aromatic carbocycles. The van der Waals surface area contributed by atoms with Gasteiger partial charge >= 0.3 is 0 Å². The third-order valence-electron chi connectivity index (χ3n) is 2.00. The second-order valence-electron chi connectivity index (χ2n) is 3.07. The summed E-state index contributed by atoms with van der Waals surface area (Å²) in [6.45, 7) is 0.632. The molecule has 0 atom stereocenters. The van der Waals surface area contributed by atoms with E-state index in [9.17, 15) is 0 Å². The van der Waals surface area contributed by atoms with Crippen LogP contribution in [0.5, 0.6) is 0 Å². The topological polar surface area (TPSA) is 38.9 Å². The predicted molar refractivity (Wildman–Crippen MR) is 59.3 cm³/mol. The average Bonchev–Trinajstić information content (AvgIpc) is 2.67. The first-order valence-electron chi connectivity index (χ1n) is 4.56. The van der Waals surface area contributed by atoms with Crippen LogP contribution in [0.1, 0.15) is 15.4 Å². The van der Waals surface area contributed by atoms with Gasteiger partial charge in [0, 0.05) is 34.6 Å². The minimum Gasteiger partial charge on any atom is -0.326 e. The van der Waals surface area contributed by atoms with Gasteiger partial charge in [0.05, 0.1) is 0 Å². The molecule has 2 aromatic rings. The summed E-state index contributed by atoms with van der Waals surface area (Å²) < 4.78 is 0. The molecule has 2 N–H and O–H groups in total. The van der Waals surface area contributed by atoms with Crippen LogP contribution in [-0.2, 0) is 13.0 Å². The maximum Gasteiger partial charge on any atom is 0.0455 e. The van der Waals surface area contributed by atoms with E-state index in [1.807, 2.05) is 24.4 Å². The first kappa shape index (κ1) is 9.37. The van der Waals surface area contributed by atoms with Crippen LogP contribution in [0.15, 0.2) is 36.5 Å². The molecule has 0 aliphatic rings. The summed E-state index contributed by atoms with van der Waals surface area (Å²) >= 11 is 1.76. The van der Waals surface area contributed by atoms with E-state index in [1.165, 1.54) is 9.75 Å². The second kappa shape index (κ2) is 4.35. The van der Waals surface area contributed by atoms with Gasteiger partial charge in [-0.15, -0.1) is 11.3 Å². The number of thiophene rings is 1. The van der Waals surface area contributed by atoms with Crippen molar-refractivity contribution in [2.45, 2.75) is 13.0 Å². The van der Waals surface area contributed by atoms with E-state index in [2.05, 4.69) is 17.1 Å². The summed E-state index contributed by atoms with van der Waals surface area (Å²) in [7, 11) is 0. The zero-order valence-corrected chi connectivity index (χ0v) is 8.63. The van der Waals surface area contributed by atoms with Crippen LogP contribution in [0.4, 0.5) is 0 Å². The largest absolute Gasteiger partial charge is 0.326 e. The molecule has 0 aliphatic carbocycles. The number of hydrogen-bond acceptors (Lipinski definition) is 3. The Balaban J connectivity index is 2.11. The van der Waals surface area contributed by atoms with Crippen LogP contribution in [0.25, 0.3) is 0 Å². The third kappa shape index (κ3) is 2.19. The number of aromatic nitrogens is 1. The summed E-state index contributed by atoms with van der Waals surface area (Å²) in [5.41, 5.74) is 6.66. The SMILES string of the molecule is NCc1ccc(Cc2ccccn2)s1. The summed E-state index contributed by atoms with van der Waals surface area (Å²) in [5.74, 6) is 0. The van der Waals surface area contributed by atoms with E-state index >= 15 is 0 Å². The van der Waals surface area contributed by atoms with E-state index in [1.54, 1.807) is 11.3 Å². The molecule has 0 bridgehead atoms. The van der Waals surface area contributed by atoms with E-state index < -0.39 is 0 Å². The quantitative estimate of drug-likeness (QED) is 0.832. The van der Waals surface area contributed by atoms with Crippen LogP contribution in [0, 0.1) is 0 Å². The molecule has 2 rings (SSSR count). The fourth-order valence-corrected chi connectivity index (χ4v) is 2.22. The molecule has 3 heteroatoms. The summed E-state index contributed by atoms with van der Waals surface area (Å²) in [6.07, 6.45) is 2.73. The van der Waals surface area contributed by atoms with Gasteiger partial charge in [-0.1, -0.05) is 6.07 Å². The van der Waals surface area contributed by atoms with Gasteiger partial charge in [-0.3, -0.25) is 4.98 Å². The van der Waals surface area contributed by atoms with Crippen molar-refractivity contribution in [1.82, 2.24) is 4.98 Å². The molecule has 14 heavy (non-hydrogen) atoms. The number of rotatable bonds is 3. The molecule has 0 saturated heterocycles. The lowest BCUT2D eigenvalue weighted by Crippen LogP contribution is -1.91. The summed E-state index contributed by atoms with van der Waals surface area (Å²) in [6, 6.07) is 10.2. The van der Waals surface area contributed by atoms with E-state index in [4.69, 9.17) is 5.73 Å². The lowest BCUT2D eigenvalue weighted by atomic mass is 10.2. The molecule has 2 nitrogen and oxygen atoms in total. The Morgan fingerprint density at radius 3 is 2.64 bits per heavy atom. The number of hydrogen-bond donors (Lipinski definition) is 1. The van der Waals surface area contributed by atoms with Gasteiger partial charge in [0.25, 0.3) is 0 Å². The highest BCUT2D eigenvalue weighted by molar-refractivity contribution is 7.12. The molecule has 0 fully saturated rings. The Hall–Kier alpha value is -1.19. The van der Waals surface area contributed by atoms with Crippen LogP contribution >= 0.6 is 11.3 Å². The maximum atomic E-state index is 5.55.